The minimum Gasteiger partial charge on any atom is -0.480 e. The number of aromatic nitrogens is 3. The highest BCUT2D eigenvalue weighted by Gasteiger charge is 2.31. The second kappa shape index (κ2) is 13.6. The van der Waals surface area contributed by atoms with E-state index in [2.05, 4.69) is 30.9 Å². The van der Waals surface area contributed by atoms with E-state index in [0.717, 1.165) is 49.4 Å². The van der Waals surface area contributed by atoms with Crippen molar-refractivity contribution in [3.8, 4) is 0 Å². The fourth-order valence-electron chi connectivity index (χ4n) is 5.98. The minimum atomic E-state index is -1.27. The summed E-state index contributed by atoms with van der Waals surface area (Å²) in [5, 5.41) is 20.9. The van der Waals surface area contributed by atoms with Gasteiger partial charge in [-0.1, -0.05) is 54.6 Å². The first kappa shape index (κ1) is 31.1. The van der Waals surface area contributed by atoms with Gasteiger partial charge < -0.3 is 41.7 Å². The number of carboxylic acid groups (broad SMARTS) is 1. The summed E-state index contributed by atoms with van der Waals surface area (Å²) in [6, 6.07) is 19.1. The molecule has 0 aliphatic heterocycles. The Balaban J connectivity index is 1.27. The summed E-state index contributed by atoms with van der Waals surface area (Å²) >= 11 is 0. The van der Waals surface area contributed by atoms with Crippen molar-refractivity contribution in [2.24, 2.45) is 5.73 Å². The van der Waals surface area contributed by atoms with Gasteiger partial charge in [-0.2, -0.15) is 0 Å². The number of nitrogens with two attached hydrogens (primary N) is 1. The Morgan fingerprint density at radius 2 is 0.936 bits per heavy atom. The third-order valence-corrected chi connectivity index (χ3v) is 8.38. The fraction of sp³-hybridized carbons (Fsp3) is 0.200. The molecule has 6 rings (SSSR count). The second-order valence-corrected chi connectivity index (χ2v) is 11.5. The Morgan fingerprint density at radius 3 is 1.34 bits per heavy atom. The van der Waals surface area contributed by atoms with E-state index >= 15 is 0 Å². The Bertz CT molecular complexity index is 2080. The van der Waals surface area contributed by atoms with E-state index in [4.69, 9.17) is 5.73 Å². The minimum absolute atomic E-state index is 0.0224. The predicted molar refractivity (Wildman–Crippen MR) is 178 cm³/mol. The van der Waals surface area contributed by atoms with E-state index < -0.39 is 41.8 Å². The molecular formula is C35H35N7O5. The highest BCUT2D eigenvalue weighted by atomic mass is 16.4. The molecule has 3 aromatic heterocycles. The molecule has 240 valence electrons. The number of amides is 3. The average molecular weight is 634 g/mol. The van der Waals surface area contributed by atoms with Crippen LogP contribution in [0.15, 0.2) is 91.4 Å². The lowest BCUT2D eigenvalue weighted by molar-refractivity contribution is -0.142. The molecule has 47 heavy (non-hydrogen) atoms. The Hall–Kier alpha value is -5.88. The van der Waals surface area contributed by atoms with Crippen LogP contribution in [0, 0.1) is 0 Å². The molecule has 0 radical (unpaired) electrons. The van der Waals surface area contributed by atoms with Gasteiger partial charge in [0.1, 0.15) is 18.1 Å². The van der Waals surface area contributed by atoms with Crippen LogP contribution in [0.4, 0.5) is 0 Å². The van der Waals surface area contributed by atoms with Gasteiger partial charge in [0, 0.05) is 70.6 Å². The maximum Gasteiger partial charge on any atom is 0.326 e. The third-order valence-electron chi connectivity index (χ3n) is 8.38. The molecule has 0 saturated carbocycles. The van der Waals surface area contributed by atoms with Gasteiger partial charge in [0.25, 0.3) is 0 Å². The monoisotopic (exact) mass is 633 g/mol. The lowest BCUT2D eigenvalue weighted by Crippen LogP contribution is -2.57. The fourth-order valence-corrected chi connectivity index (χ4v) is 5.98. The van der Waals surface area contributed by atoms with Crippen molar-refractivity contribution in [3.05, 3.63) is 108 Å². The van der Waals surface area contributed by atoms with Gasteiger partial charge in [0.2, 0.25) is 17.7 Å². The van der Waals surface area contributed by atoms with E-state index in [-0.39, 0.29) is 25.8 Å². The summed E-state index contributed by atoms with van der Waals surface area (Å²) in [5.41, 5.74) is 10.4. The van der Waals surface area contributed by atoms with Crippen molar-refractivity contribution in [1.29, 1.82) is 0 Å². The van der Waals surface area contributed by atoms with Crippen molar-refractivity contribution in [3.63, 3.8) is 0 Å². The van der Waals surface area contributed by atoms with Gasteiger partial charge in [-0.05, 0) is 34.9 Å². The third kappa shape index (κ3) is 6.87. The summed E-state index contributed by atoms with van der Waals surface area (Å²) in [7, 11) is 0. The summed E-state index contributed by atoms with van der Waals surface area (Å²) in [5.74, 6) is -3.03. The number of H-pyrrole nitrogens is 3. The molecule has 3 aromatic carbocycles. The molecule has 0 aliphatic carbocycles. The number of benzene rings is 3. The molecule has 0 fully saturated rings. The van der Waals surface area contributed by atoms with Crippen LogP contribution in [0.3, 0.4) is 0 Å². The molecule has 0 aliphatic rings. The van der Waals surface area contributed by atoms with Crippen LogP contribution in [0.5, 0.6) is 0 Å². The van der Waals surface area contributed by atoms with Crippen molar-refractivity contribution in [2.45, 2.75) is 37.4 Å². The second-order valence-electron chi connectivity index (χ2n) is 11.5. The molecule has 9 N–H and O–H groups in total. The quantitative estimate of drug-likeness (QED) is 0.0962. The molecule has 0 spiro atoms. The number of hydrogen-bond acceptors (Lipinski definition) is 5. The molecular weight excluding hydrogens is 598 g/mol. The van der Waals surface area contributed by atoms with Crippen LogP contribution in [0.1, 0.15) is 16.7 Å². The molecule has 0 bridgehead atoms. The van der Waals surface area contributed by atoms with Crippen molar-refractivity contribution < 1.29 is 24.3 Å². The van der Waals surface area contributed by atoms with Crippen LogP contribution in [-0.2, 0) is 38.4 Å². The van der Waals surface area contributed by atoms with Crippen LogP contribution >= 0.6 is 0 Å². The molecule has 3 unspecified atom stereocenters. The molecule has 12 nitrogen and oxygen atoms in total. The van der Waals surface area contributed by atoms with E-state index in [1.165, 1.54) is 0 Å². The number of para-hydroxylation sites is 3. The molecule has 3 amide bonds. The zero-order valence-electron chi connectivity index (χ0n) is 25.4. The lowest BCUT2D eigenvalue weighted by atomic mass is 10.0. The summed E-state index contributed by atoms with van der Waals surface area (Å²) in [6.07, 6.45) is 5.48. The summed E-state index contributed by atoms with van der Waals surface area (Å²) in [4.78, 5) is 62.1. The largest absolute Gasteiger partial charge is 0.480 e. The Labute approximate surface area is 269 Å². The number of aliphatic carboxylic acids is 1. The lowest BCUT2D eigenvalue weighted by Gasteiger charge is -2.24. The Kier molecular flexibility index (Phi) is 9.02. The van der Waals surface area contributed by atoms with E-state index in [0.29, 0.717) is 0 Å². The zero-order valence-corrected chi connectivity index (χ0v) is 25.4. The van der Waals surface area contributed by atoms with Gasteiger partial charge in [-0.25, -0.2) is 4.79 Å². The summed E-state index contributed by atoms with van der Waals surface area (Å²) in [6.45, 7) is -0.328. The molecule has 6 aromatic rings. The van der Waals surface area contributed by atoms with E-state index in [9.17, 15) is 24.3 Å². The topological polar surface area (TPSA) is 198 Å². The average Bonchev–Trinajstić information content (AvgIpc) is 3.81. The smallest absolute Gasteiger partial charge is 0.326 e. The normalized spacial score (nSPS) is 13.3. The van der Waals surface area contributed by atoms with Crippen molar-refractivity contribution in [2.75, 3.05) is 6.54 Å². The van der Waals surface area contributed by atoms with Gasteiger partial charge >= 0.3 is 5.97 Å². The number of fused-ring (bicyclic) bond motifs is 3. The highest BCUT2D eigenvalue weighted by Crippen LogP contribution is 2.22. The Morgan fingerprint density at radius 1 is 0.574 bits per heavy atom. The van der Waals surface area contributed by atoms with E-state index in [1.807, 2.05) is 72.8 Å². The standard InChI is InChI=1S/C35H35N7O5/c36-16-32(43)40-29(13-20-17-37-26-10-4-1-7-23(20)26)33(44)41-30(14-21-18-38-27-11-5-2-8-24(21)27)34(45)42-31(35(46)47)15-22-19-39-28-12-6-3-9-25(22)28/h1-12,17-19,29-31,37-39H,13-16,36H2,(H,40,43)(H,41,44)(H,42,45)(H,46,47). The number of aromatic amines is 3. The van der Waals surface area contributed by atoms with Crippen molar-refractivity contribution in [1.82, 2.24) is 30.9 Å². The van der Waals surface area contributed by atoms with Gasteiger partial charge in [0.15, 0.2) is 0 Å². The molecule has 3 heterocycles. The number of rotatable bonds is 13. The number of hydrogen-bond donors (Lipinski definition) is 8. The van der Waals surface area contributed by atoms with Crippen LogP contribution < -0.4 is 21.7 Å². The van der Waals surface area contributed by atoms with Crippen LogP contribution in [0.25, 0.3) is 32.7 Å². The SMILES string of the molecule is NCC(=O)NC(Cc1c[nH]c2ccccc12)C(=O)NC(Cc1c[nH]c2ccccc12)C(=O)NC(Cc1c[nH]c2ccccc12)C(=O)O. The van der Waals surface area contributed by atoms with E-state index in [1.54, 1.807) is 18.6 Å². The zero-order chi connectivity index (χ0) is 32.9. The van der Waals surface area contributed by atoms with Crippen LogP contribution in [0.2, 0.25) is 0 Å². The van der Waals surface area contributed by atoms with Crippen LogP contribution in [-0.4, -0.2) is 68.4 Å². The predicted octanol–water partition coefficient (Wildman–Crippen LogP) is 2.66. The van der Waals surface area contributed by atoms with Gasteiger partial charge in [-0.3, -0.25) is 14.4 Å². The maximum absolute atomic E-state index is 13.9. The number of carbonyl (C=O) groups is 4. The first-order valence-corrected chi connectivity index (χ1v) is 15.3. The number of nitrogens with one attached hydrogen (secondary N) is 6. The maximum atomic E-state index is 13.9. The highest BCUT2D eigenvalue weighted by molar-refractivity contribution is 5.95. The molecule has 0 saturated heterocycles. The van der Waals surface area contributed by atoms with Crippen molar-refractivity contribution >= 4 is 56.4 Å². The molecule has 12 heteroatoms. The first-order valence-electron chi connectivity index (χ1n) is 15.3. The molecule has 3 atom stereocenters. The summed E-state index contributed by atoms with van der Waals surface area (Å²) < 4.78 is 0. The van der Waals surface area contributed by atoms with Gasteiger partial charge in [-0.15, -0.1) is 0 Å². The first-order chi connectivity index (χ1) is 22.8. The number of carboxylic acids is 1. The number of carbonyl (C=O) groups excluding carboxylic acids is 3. The van der Waals surface area contributed by atoms with Gasteiger partial charge in [0.05, 0.1) is 6.54 Å².